The number of cyclic esters (lactones) is 1. The monoisotopic (exact) mass is 370 g/mol. The Bertz CT molecular complexity index is 469. The Morgan fingerprint density at radius 1 is 0.923 bits per heavy atom. The average Bonchev–Trinajstić information content (AvgIpc) is 2.98. The van der Waals surface area contributed by atoms with Crippen molar-refractivity contribution in [3.8, 4) is 0 Å². The molecule has 0 radical (unpaired) electrons. The van der Waals surface area contributed by atoms with Crippen LogP contribution in [0.3, 0.4) is 0 Å². The van der Waals surface area contributed by atoms with E-state index in [2.05, 4.69) is 0 Å². The molecular weight excluding hydrogens is 336 g/mol. The maximum absolute atomic E-state index is 12.3. The Morgan fingerprint density at radius 3 is 2.00 bits per heavy atom. The molecule has 8 atom stereocenters. The van der Waals surface area contributed by atoms with Crippen molar-refractivity contribution < 1.29 is 29.2 Å². The van der Waals surface area contributed by atoms with E-state index in [4.69, 9.17) is 14.2 Å². The lowest BCUT2D eigenvalue weighted by Crippen LogP contribution is -2.37. The van der Waals surface area contributed by atoms with Gasteiger partial charge in [0.15, 0.2) is 0 Å². The molecule has 0 spiro atoms. The fourth-order valence-electron chi connectivity index (χ4n) is 5.24. The molecule has 1 heterocycles. The van der Waals surface area contributed by atoms with Gasteiger partial charge >= 0.3 is 5.97 Å². The normalized spacial score (nSPS) is 44.1. The molecule has 0 aromatic carbocycles. The van der Waals surface area contributed by atoms with Gasteiger partial charge in [-0.3, -0.25) is 4.79 Å². The van der Waals surface area contributed by atoms with Crippen molar-refractivity contribution in [1.82, 2.24) is 0 Å². The Hall–Kier alpha value is -0.690. The Labute approximate surface area is 156 Å². The molecule has 3 aliphatic rings. The number of hydrogen-bond acceptors (Lipinski definition) is 6. The van der Waals surface area contributed by atoms with Crippen LogP contribution >= 0.6 is 0 Å². The maximum Gasteiger partial charge on any atom is 0.309 e. The third-order valence-corrected chi connectivity index (χ3v) is 6.87. The Balaban J connectivity index is 1.55. The minimum absolute atomic E-state index is 0.0411. The van der Waals surface area contributed by atoms with Crippen molar-refractivity contribution in [2.24, 2.45) is 23.7 Å². The number of carbonyl (C=O) groups is 1. The van der Waals surface area contributed by atoms with Gasteiger partial charge in [0, 0.05) is 20.1 Å². The molecule has 6 nitrogen and oxygen atoms in total. The molecule has 6 heteroatoms. The SMILES string of the molecule is COC1CC(CC2COC(=O)C2CC2CCC(O)C(OC)C2)CCC1O. The van der Waals surface area contributed by atoms with E-state index in [9.17, 15) is 15.0 Å². The van der Waals surface area contributed by atoms with Crippen LogP contribution in [0.2, 0.25) is 0 Å². The number of carbonyl (C=O) groups excluding carboxylic acids is 1. The molecular formula is C20H34O6. The first-order chi connectivity index (χ1) is 12.5. The second kappa shape index (κ2) is 9.00. The van der Waals surface area contributed by atoms with Gasteiger partial charge in [-0.1, -0.05) is 0 Å². The molecule has 2 saturated carbocycles. The molecule has 8 unspecified atom stereocenters. The zero-order valence-electron chi connectivity index (χ0n) is 16.0. The highest BCUT2D eigenvalue weighted by molar-refractivity contribution is 5.74. The van der Waals surface area contributed by atoms with E-state index < -0.39 is 0 Å². The quantitative estimate of drug-likeness (QED) is 0.695. The van der Waals surface area contributed by atoms with Gasteiger partial charge in [0.2, 0.25) is 0 Å². The Morgan fingerprint density at radius 2 is 1.46 bits per heavy atom. The van der Waals surface area contributed by atoms with Crippen molar-refractivity contribution in [1.29, 1.82) is 0 Å². The minimum Gasteiger partial charge on any atom is -0.465 e. The molecule has 2 aliphatic carbocycles. The maximum atomic E-state index is 12.3. The number of aliphatic hydroxyl groups excluding tert-OH is 2. The van der Waals surface area contributed by atoms with Crippen LogP contribution in [-0.2, 0) is 19.0 Å². The molecule has 1 aliphatic heterocycles. The number of ether oxygens (including phenoxy) is 3. The second-order valence-electron chi connectivity index (χ2n) is 8.51. The highest BCUT2D eigenvalue weighted by Gasteiger charge is 2.42. The third-order valence-electron chi connectivity index (χ3n) is 6.87. The summed E-state index contributed by atoms with van der Waals surface area (Å²) in [6, 6.07) is 0. The number of rotatable bonds is 6. The Kier molecular flexibility index (Phi) is 6.94. The molecule has 3 fully saturated rings. The van der Waals surface area contributed by atoms with Gasteiger partial charge in [-0.2, -0.15) is 0 Å². The van der Waals surface area contributed by atoms with E-state index in [1.165, 1.54) is 0 Å². The first-order valence-electron chi connectivity index (χ1n) is 10.1. The average molecular weight is 370 g/mol. The largest absolute Gasteiger partial charge is 0.465 e. The van der Waals surface area contributed by atoms with Crippen LogP contribution in [0.5, 0.6) is 0 Å². The summed E-state index contributed by atoms with van der Waals surface area (Å²) in [5.74, 6) is 1.04. The minimum atomic E-state index is -0.387. The highest BCUT2D eigenvalue weighted by Crippen LogP contribution is 2.40. The van der Waals surface area contributed by atoms with Crippen LogP contribution in [0, 0.1) is 23.7 Å². The van der Waals surface area contributed by atoms with Gasteiger partial charge in [0.05, 0.1) is 36.9 Å². The molecule has 0 aromatic heterocycles. The summed E-state index contributed by atoms with van der Waals surface area (Å²) in [4.78, 5) is 12.3. The van der Waals surface area contributed by atoms with E-state index in [0.29, 0.717) is 18.4 Å². The molecule has 3 rings (SSSR count). The molecule has 2 N–H and O–H groups in total. The van der Waals surface area contributed by atoms with Gasteiger partial charge in [0.25, 0.3) is 0 Å². The van der Waals surface area contributed by atoms with Crippen LogP contribution in [0.1, 0.15) is 51.4 Å². The summed E-state index contributed by atoms with van der Waals surface area (Å²) in [5.41, 5.74) is 0. The lowest BCUT2D eigenvalue weighted by Gasteiger charge is -2.35. The van der Waals surface area contributed by atoms with E-state index >= 15 is 0 Å². The van der Waals surface area contributed by atoms with Crippen molar-refractivity contribution in [3.63, 3.8) is 0 Å². The molecule has 150 valence electrons. The fraction of sp³-hybridized carbons (Fsp3) is 0.950. The third kappa shape index (κ3) is 4.58. The summed E-state index contributed by atoms with van der Waals surface area (Å²) >= 11 is 0. The van der Waals surface area contributed by atoms with E-state index in [1.807, 2.05) is 0 Å². The first-order valence-corrected chi connectivity index (χ1v) is 10.1. The summed E-state index contributed by atoms with van der Waals surface area (Å²) < 4.78 is 16.2. The van der Waals surface area contributed by atoms with Crippen LogP contribution in [0.25, 0.3) is 0 Å². The van der Waals surface area contributed by atoms with E-state index in [1.54, 1.807) is 14.2 Å². The van der Waals surface area contributed by atoms with Gasteiger partial charge in [-0.15, -0.1) is 0 Å². The second-order valence-corrected chi connectivity index (χ2v) is 8.51. The van der Waals surface area contributed by atoms with Gasteiger partial charge in [-0.25, -0.2) is 0 Å². The van der Waals surface area contributed by atoms with Gasteiger partial charge in [-0.05, 0) is 63.2 Å². The van der Waals surface area contributed by atoms with E-state index in [0.717, 1.165) is 51.4 Å². The number of aliphatic hydroxyl groups is 2. The first kappa shape index (κ1) is 20.1. The molecule has 0 amide bonds. The van der Waals surface area contributed by atoms with Crippen molar-refractivity contribution in [3.05, 3.63) is 0 Å². The smallest absolute Gasteiger partial charge is 0.309 e. The summed E-state index contributed by atoms with van der Waals surface area (Å²) in [7, 11) is 3.30. The van der Waals surface area contributed by atoms with Gasteiger partial charge in [0.1, 0.15) is 0 Å². The van der Waals surface area contributed by atoms with Crippen molar-refractivity contribution >= 4 is 5.97 Å². The number of esters is 1. The molecule has 26 heavy (non-hydrogen) atoms. The summed E-state index contributed by atoms with van der Waals surface area (Å²) in [6.07, 6.45) is 5.95. The van der Waals surface area contributed by atoms with Crippen molar-refractivity contribution in [2.75, 3.05) is 20.8 Å². The van der Waals surface area contributed by atoms with Crippen LogP contribution in [0.4, 0.5) is 0 Å². The highest BCUT2D eigenvalue weighted by atomic mass is 16.5. The predicted molar refractivity (Wildman–Crippen MR) is 95.5 cm³/mol. The summed E-state index contributed by atoms with van der Waals surface area (Å²) in [5, 5.41) is 20.0. The van der Waals surface area contributed by atoms with Crippen LogP contribution < -0.4 is 0 Å². The van der Waals surface area contributed by atoms with Crippen LogP contribution in [0.15, 0.2) is 0 Å². The van der Waals surface area contributed by atoms with Crippen LogP contribution in [-0.4, -0.2) is 61.4 Å². The topological polar surface area (TPSA) is 85.2 Å². The molecule has 0 aromatic rings. The predicted octanol–water partition coefficient (Wildman–Crippen LogP) is 1.91. The lowest BCUT2D eigenvalue weighted by atomic mass is 9.73. The fourth-order valence-corrected chi connectivity index (χ4v) is 5.24. The molecule has 1 saturated heterocycles. The zero-order chi connectivity index (χ0) is 18.7. The molecule has 0 bridgehead atoms. The number of methoxy groups -OCH3 is 2. The number of hydrogen-bond donors (Lipinski definition) is 2. The summed E-state index contributed by atoms with van der Waals surface area (Å²) in [6.45, 7) is 0.517. The van der Waals surface area contributed by atoms with Crippen molar-refractivity contribution in [2.45, 2.75) is 75.8 Å². The zero-order valence-corrected chi connectivity index (χ0v) is 16.0. The van der Waals surface area contributed by atoms with Gasteiger partial charge < -0.3 is 24.4 Å². The lowest BCUT2D eigenvalue weighted by molar-refractivity contribution is -0.142. The standard InChI is InChI=1S/C20H34O6/c1-24-18-9-12(3-5-16(18)21)7-14-11-26-20(23)15(14)8-13-4-6-17(22)19(10-13)25-2/h12-19,21-22H,3-11H2,1-2H3. The van der Waals surface area contributed by atoms with E-state index in [-0.39, 0.29) is 42.2 Å².